The molecule has 2 amide bonds. The third kappa shape index (κ3) is 7.12. The van der Waals surface area contributed by atoms with Crippen molar-refractivity contribution in [2.24, 2.45) is 0 Å². The zero-order valence-electron chi connectivity index (χ0n) is 10.7. The zero-order chi connectivity index (χ0) is 16.1. The van der Waals surface area contributed by atoms with Crippen molar-refractivity contribution in [1.29, 1.82) is 0 Å². The minimum absolute atomic E-state index is 0.0393. The Morgan fingerprint density at radius 3 is 2.24 bits per heavy atom. The third-order valence-electron chi connectivity index (χ3n) is 2.38. The van der Waals surface area contributed by atoms with Crippen LogP contribution in [0.1, 0.15) is 12.0 Å². The van der Waals surface area contributed by atoms with E-state index in [0.717, 1.165) is 24.3 Å². The van der Waals surface area contributed by atoms with Crippen LogP contribution in [-0.2, 0) is 10.7 Å². The Labute approximate surface area is 118 Å². The second kappa shape index (κ2) is 6.93. The molecule has 0 aliphatic rings. The summed E-state index contributed by atoms with van der Waals surface area (Å²) in [7, 11) is -4.09. The standard InChI is InChI=1S/C11H14F3N2O4P/c12-11(13,14)8-2-4-9(5-3-8)16-10(17)15-6-1-7-21(18,19)20/h2-5H,1,6-7H2,(H2,15,16,17)(H2,18,19,20). The highest BCUT2D eigenvalue weighted by Crippen LogP contribution is 2.34. The molecule has 4 N–H and O–H groups in total. The molecular weight excluding hydrogens is 312 g/mol. The fourth-order valence-corrected chi connectivity index (χ4v) is 1.97. The molecule has 0 aliphatic carbocycles. The third-order valence-corrected chi connectivity index (χ3v) is 3.28. The SMILES string of the molecule is O=C(NCCCP(=O)(O)O)Nc1ccc(C(F)(F)F)cc1. The van der Waals surface area contributed by atoms with Crippen molar-refractivity contribution in [2.75, 3.05) is 18.0 Å². The Morgan fingerprint density at radius 1 is 1.19 bits per heavy atom. The van der Waals surface area contributed by atoms with Gasteiger partial charge in [0.05, 0.1) is 11.7 Å². The number of carbonyl (C=O) groups is 1. The van der Waals surface area contributed by atoms with Crippen LogP contribution in [-0.4, -0.2) is 28.5 Å². The molecule has 0 aromatic heterocycles. The molecule has 118 valence electrons. The van der Waals surface area contributed by atoms with Crippen LogP contribution in [0.2, 0.25) is 0 Å². The van der Waals surface area contributed by atoms with E-state index in [1.807, 2.05) is 0 Å². The van der Waals surface area contributed by atoms with E-state index in [1.165, 1.54) is 0 Å². The molecule has 0 atom stereocenters. The first kappa shape index (κ1) is 17.5. The van der Waals surface area contributed by atoms with Crippen molar-refractivity contribution in [3.05, 3.63) is 29.8 Å². The van der Waals surface area contributed by atoms with Crippen LogP contribution in [0.3, 0.4) is 0 Å². The van der Waals surface area contributed by atoms with E-state index in [1.54, 1.807) is 0 Å². The quantitative estimate of drug-likeness (QED) is 0.493. The number of anilines is 1. The van der Waals surface area contributed by atoms with Gasteiger partial charge in [-0.3, -0.25) is 4.57 Å². The first-order chi connectivity index (χ1) is 9.58. The maximum absolute atomic E-state index is 12.3. The van der Waals surface area contributed by atoms with E-state index in [-0.39, 0.29) is 24.8 Å². The largest absolute Gasteiger partial charge is 0.416 e. The minimum Gasteiger partial charge on any atom is -0.338 e. The summed E-state index contributed by atoms with van der Waals surface area (Å²) in [6.07, 6.45) is -4.71. The average molecular weight is 326 g/mol. The van der Waals surface area contributed by atoms with Gasteiger partial charge < -0.3 is 20.4 Å². The second-order valence-corrected chi connectivity index (χ2v) is 5.97. The lowest BCUT2D eigenvalue weighted by Crippen LogP contribution is -2.29. The maximum atomic E-state index is 12.3. The van der Waals surface area contributed by atoms with E-state index in [2.05, 4.69) is 10.6 Å². The van der Waals surface area contributed by atoms with Crippen LogP contribution in [0, 0.1) is 0 Å². The lowest BCUT2D eigenvalue weighted by Gasteiger charge is -2.10. The van der Waals surface area contributed by atoms with Gasteiger partial charge in [0, 0.05) is 12.2 Å². The van der Waals surface area contributed by atoms with Crippen LogP contribution in [0.25, 0.3) is 0 Å². The van der Waals surface area contributed by atoms with Crippen LogP contribution in [0.5, 0.6) is 0 Å². The van der Waals surface area contributed by atoms with Gasteiger partial charge in [0.25, 0.3) is 0 Å². The van der Waals surface area contributed by atoms with Crippen LogP contribution >= 0.6 is 7.60 Å². The fraction of sp³-hybridized carbons (Fsp3) is 0.364. The maximum Gasteiger partial charge on any atom is 0.416 e. The number of alkyl halides is 3. The first-order valence-corrected chi connectivity index (χ1v) is 7.64. The summed E-state index contributed by atoms with van der Waals surface area (Å²) < 4.78 is 47.5. The number of nitrogens with one attached hydrogen (secondary N) is 2. The first-order valence-electron chi connectivity index (χ1n) is 5.84. The summed E-state index contributed by atoms with van der Waals surface area (Å²) in [5, 5.41) is 4.64. The van der Waals surface area contributed by atoms with E-state index < -0.39 is 25.4 Å². The normalized spacial score (nSPS) is 12.0. The molecule has 0 saturated heterocycles. The second-order valence-electron chi connectivity index (χ2n) is 4.20. The molecule has 0 spiro atoms. The lowest BCUT2D eigenvalue weighted by atomic mass is 10.2. The Balaban J connectivity index is 2.40. The predicted molar refractivity (Wildman–Crippen MR) is 70.0 cm³/mol. The molecular formula is C11H14F3N2O4P. The highest BCUT2D eigenvalue weighted by Gasteiger charge is 2.29. The van der Waals surface area contributed by atoms with Crippen molar-refractivity contribution >= 4 is 19.3 Å². The molecule has 0 radical (unpaired) electrons. The molecule has 0 heterocycles. The number of halogens is 3. The lowest BCUT2D eigenvalue weighted by molar-refractivity contribution is -0.137. The molecule has 0 bridgehead atoms. The summed E-state index contributed by atoms with van der Waals surface area (Å²) in [6, 6.07) is 3.23. The summed E-state index contributed by atoms with van der Waals surface area (Å²) in [6.45, 7) is 0.0393. The van der Waals surface area contributed by atoms with Crippen molar-refractivity contribution in [1.82, 2.24) is 5.32 Å². The van der Waals surface area contributed by atoms with Crippen LogP contribution in [0.4, 0.5) is 23.7 Å². The van der Waals surface area contributed by atoms with Crippen molar-refractivity contribution < 1.29 is 32.3 Å². The number of carbonyl (C=O) groups excluding carboxylic acids is 1. The summed E-state index contributed by atoms with van der Waals surface area (Å²) in [5.41, 5.74) is -0.648. The topological polar surface area (TPSA) is 98.7 Å². The van der Waals surface area contributed by atoms with E-state index in [0.29, 0.717) is 0 Å². The predicted octanol–water partition coefficient (Wildman–Crippen LogP) is 2.39. The zero-order valence-corrected chi connectivity index (χ0v) is 11.6. The monoisotopic (exact) mass is 326 g/mol. The highest BCUT2D eigenvalue weighted by atomic mass is 31.2. The van der Waals surface area contributed by atoms with Gasteiger partial charge in [-0.15, -0.1) is 0 Å². The molecule has 0 aliphatic heterocycles. The van der Waals surface area contributed by atoms with Crippen LogP contribution < -0.4 is 10.6 Å². The van der Waals surface area contributed by atoms with E-state index in [9.17, 15) is 22.5 Å². The van der Waals surface area contributed by atoms with Crippen molar-refractivity contribution in [3.8, 4) is 0 Å². The molecule has 10 heteroatoms. The Morgan fingerprint density at radius 2 is 1.76 bits per heavy atom. The molecule has 1 rings (SSSR count). The Hall–Kier alpha value is -1.57. The number of amides is 2. The molecule has 21 heavy (non-hydrogen) atoms. The number of hydrogen-bond acceptors (Lipinski definition) is 2. The van der Waals surface area contributed by atoms with Crippen molar-refractivity contribution in [3.63, 3.8) is 0 Å². The van der Waals surface area contributed by atoms with Gasteiger partial charge in [0.2, 0.25) is 0 Å². The van der Waals surface area contributed by atoms with Gasteiger partial charge in [-0.1, -0.05) is 0 Å². The van der Waals surface area contributed by atoms with Crippen LogP contribution in [0.15, 0.2) is 24.3 Å². The summed E-state index contributed by atoms with van der Waals surface area (Å²) in [5.74, 6) is 0. The smallest absolute Gasteiger partial charge is 0.338 e. The molecule has 0 unspecified atom stereocenters. The van der Waals surface area contributed by atoms with Gasteiger partial charge in [0.15, 0.2) is 0 Å². The van der Waals surface area contributed by atoms with Gasteiger partial charge >= 0.3 is 19.8 Å². The van der Waals surface area contributed by atoms with Crippen molar-refractivity contribution in [2.45, 2.75) is 12.6 Å². The average Bonchev–Trinajstić information content (AvgIpc) is 2.33. The fourth-order valence-electron chi connectivity index (χ4n) is 1.40. The molecule has 0 saturated carbocycles. The highest BCUT2D eigenvalue weighted by molar-refractivity contribution is 7.51. The Kier molecular flexibility index (Phi) is 5.77. The molecule has 6 nitrogen and oxygen atoms in total. The molecule has 1 aromatic carbocycles. The van der Waals surface area contributed by atoms with Gasteiger partial charge in [-0.2, -0.15) is 13.2 Å². The van der Waals surface area contributed by atoms with Gasteiger partial charge in [0.1, 0.15) is 0 Å². The summed E-state index contributed by atoms with van der Waals surface area (Å²) in [4.78, 5) is 28.6. The van der Waals surface area contributed by atoms with E-state index >= 15 is 0 Å². The summed E-state index contributed by atoms with van der Waals surface area (Å²) >= 11 is 0. The molecule has 0 fully saturated rings. The van der Waals surface area contributed by atoms with Gasteiger partial charge in [-0.25, -0.2) is 4.79 Å². The Bertz CT molecular complexity index is 527. The number of hydrogen-bond donors (Lipinski definition) is 4. The number of benzene rings is 1. The number of rotatable bonds is 5. The molecule has 1 aromatic rings. The van der Waals surface area contributed by atoms with Gasteiger partial charge in [-0.05, 0) is 30.7 Å². The minimum atomic E-state index is -4.44. The number of urea groups is 1. The van der Waals surface area contributed by atoms with E-state index in [4.69, 9.17) is 9.79 Å².